The quantitative estimate of drug-likeness (QED) is 0.566. The molecule has 0 aliphatic carbocycles. The zero-order valence-corrected chi connectivity index (χ0v) is 20.4. The molecule has 7 nitrogen and oxygen atoms in total. The Kier molecular flexibility index (Phi) is 9.24. The topological polar surface area (TPSA) is 86.8 Å². The standard InChI is InChI=1S/C23H30ClN3O4S/c1-5-13-25-23(29)18(3)27(15-19-7-6-8-20(24)14-19)22(28)16-26(4)32(30,31)21-11-9-17(2)10-12-21/h6-12,14,18H,5,13,15-16H2,1-4H3,(H,25,29)/t18-/m1/s1. The van der Waals surface area contributed by atoms with Crippen LogP contribution in [0.2, 0.25) is 5.02 Å². The summed E-state index contributed by atoms with van der Waals surface area (Å²) in [6.45, 7) is 5.64. The molecular weight excluding hydrogens is 450 g/mol. The van der Waals surface area contributed by atoms with Crippen LogP contribution in [-0.2, 0) is 26.2 Å². The summed E-state index contributed by atoms with van der Waals surface area (Å²) in [5, 5.41) is 3.30. The Morgan fingerprint density at radius 3 is 2.38 bits per heavy atom. The van der Waals surface area contributed by atoms with E-state index >= 15 is 0 Å². The van der Waals surface area contributed by atoms with Gasteiger partial charge < -0.3 is 10.2 Å². The number of likely N-dealkylation sites (N-methyl/N-ethyl adjacent to an activating group) is 1. The maximum Gasteiger partial charge on any atom is 0.243 e. The highest BCUT2D eigenvalue weighted by Crippen LogP contribution is 2.18. The second-order valence-electron chi connectivity index (χ2n) is 7.69. The Bertz CT molecular complexity index is 1040. The van der Waals surface area contributed by atoms with E-state index in [9.17, 15) is 18.0 Å². The van der Waals surface area contributed by atoms with Crippen molar-refractivity contribution in [3.05, 3.63) is 64.7 Å². The summed E-state index contributed by atoms with van der Waals surface area (Å²) in [6, 6.07) is 12.6. The number of sulfonamides is 1. The molecule has 174 valence electrons. The van der Waals surface area contributed by atoms with E-state index < -0.39 is 28.5 Å². The summed E-state index contributed by atoms with van der Waals surface area (Å²) in [7, 11) is -2.51. The fourth-order valence-electron chi connectivity index (χ4n) is 3.07. The fraction of sp³-hybridized carbons (Fsp3) is 0.391. The summed E-state index contributed by atoms with van der Waals surface area (Å²) >= 11 is 6.07. The number of amides is 2. The van der Waals surface area contributed by atoms with Crippen molar-refractivity contribution in [3.8, 4) is 0 Å². The number of halogens is 1. The molecule has 2 aromatic carbocycles. The van der Waals surface area contributed by atoms with Crippen LogP contribution in [0.4, 0.5) is 0 Å². The smallest absolute Gasteiger partial charge is 0.243 e. The lowest BCUT2D eigenvalue weighted by Gasteiger charge is -2.30. The normalized spacial score (nSPS) is 12.4. The number of benzene rings is 2. The first-order valence-corrected chi connectivity index (χ1v) is 12.2. The molecule has 0 aromatic heterocycles. The summed E-state index contributed by atoms with van der Waals surface area (Å²) in [4.78, 5) is 27.3. The van der Waals surface area contributed by atoms with Gasteiger partial charge in [-0.05, 0) is 50.1 Å². The Morgan fingerprint density at radius 1 is 1.12 bits per heavy atom. The summed E-state index contributed by atoms with van der Waals surface area (Å²) in [5.74, 6) is -0.784. The van der Waals surface area contributed by atoms with Crippen LogP contribution in [0.5, 0.6) is 0 Å². The van der Waals surface area contributed by atoms with Gasteiger partial charge in [-0.1, -0.05) is 48.4 Å². The van der Waals surface area contributed by atoms with Crippen molar-refractivity contribution in [2.24, 2.45) is 0 Å². The first-order chi connectivity index (χ1) is 15.1. The third-order valence-corrected chi connectivity index (χ3v) is 7.10. The Hall–Kier alpha value is -2.42. The molecule has 2 amide bonds. The van der Waals surface area contributed by atoms with Crippen molar-refractivity contribution in [3.63, 3.8) is 0 Å². The average Bonchev–Trinajstić information content (AvgIpc) is 2.75. The van der Waals surface area contributed by atoms with Gasteiger partial charge in [-0.15, -0.1) is 0 Å². The summed E-state index contributed by atoms with van der Waals surface area (Å²) in [6.07, 6.45) is 0.762. The van der Waals surface area contributed by atoms with Gasteiger partial charge >= 0.3 is 0 Å². The maximum atomic E-state index is 13.2. The van der Waals surface area contributed by atoms with Crippen molar-refractivity contribution in [1.82, 2.24) is 14.5 Å². The molecule has 0 saturated carbocycles. The van der Waals surface area contributed by atoms with Gasteiger partial charge in [0.25, 0.3) is 0 Å². The number of hydrogen-bond donors (Lipinski definition) is 1. The van der Waals surface area contributed by atoms with E-state index in [2.05, 4.69) is 5.32 Å². The number of carbonyl (C=O) groups is 2. The van der Waals surface area contributed by atoms with Crippen LogP contribution in [0.25, 0.3) is 0 Å². The highest BCUT2D eigenvalue weighted by Gasteiger charge is 2.30. The van der Waals surface area contributed by atoms with Gasteiger partial charge in [0.05, 0.1) is 11.4 Å². The molecule has 32 heavy (non-hydrogen) atoms. The third-order valence-electron chi connectivity index (χ3n) is 5.05. The molecule has 9 heteroatoms. The minimum Gasteiger partial charge on any atom is -0.354 e. The summed E-state index contributed by atoms with van der Waals surface area (Å²) in [5.41, 5.74) is 1.67. The van der Waals surface area contributed by atoms with Crippen LogP contribution in [0, 0.1) is 6.92 Å². The number of hydrogen-bond acceptors (Lipinski definition) is 4. The molecule has 0 aliphatic rings. The van der Waals surface area contributed by atoms with Crippen LogP contribution in [-0.4, -0.2) is 55.6 Å². The first-order valence-electron chi connectivity index (χ1n) is 10.4. The number of nitrogens with zero attached hydrogens (tertiary/aromatic N) is 2. The molecule has 0 unspecified atom stereocenters. The van der Waals surface area contributed by atoms with Crippen molar-refractivity contribution in [2.75, 3.05) is 20.1 Å². The van der Waals surface area contributed by atoms with Crippen molar-refractivity contribution in [1.29, 1.82) is 0 Å². The number of nitrogens with one attached hydrogen (secondary N) is 1. The predicted octanol–water partition coefficient (Wildman–Crippen LogP) is 3.21. The minimum absolute atomic E-state index is 0.105. The van der Waals surface area contributed by atoms with Gasteiger partial charge in [0, 0.05) is 25.2 Å². The van der Waals surface area contributed by atoms with Crippen LogP contribution >= 0.6 is 11.6 Å². The molecule has 0 fully saturated rings. The second kappa shape index (κ2) is 11.4. The van der Waals surface area contributed by atoms with E-state index in [-0.39, 0.29) is 17.3 Å². The maximum absolute atomic E-state index is 13.2. The Balaban J connectivity index is 2.25. The third kappa shape index (κ3) is 6.79. The lowest BCUT2D eigenvalue weighted by molar-refractivity contribution is -0.140. The van der Waals surface area contributed by atoms with E-state index in [1.165, 1.54) is 24.1 Å². The van der Waals surface area contributed by atoms with Crippen LogP contribution in [0.15, 0.2) is 53.4 Å². The minimum atomic E-state index is -3.86. The highest BCUT2D eigenvalue weighted by molar-refractivity contribution is 7.89. The molecule has 1 atom stereocenters. The number of rotatable bonds is 10. The lowest BCUT2D eigenvalue weighted by atomic mass is 10.1. The SMILES string of the molecule is CCCNC(=O)[C@@H](C)N(Cc1cccc(Cl)c1)C(=O)CN(C)S(=O)(=O)c1ccc(C)cc1. The van der Waals surface area contributed by atoms with Gasteiger partial charge in [0.2, 0.25) is 21.8 Å². The van der Waals surface area contributed by atoms with Gasteiger partial charge in [-0.25, -0.2) is 8.42 Å². The molecular formula is C23H30ClN3O4S. The van der Waals surface area contributed by atoms with E-state index in [1.807, 2.05) is 13.8 Å². The molecule has 2 rings (SSSR count). The zero-order valence-electron chi connectivity index (χ0n) is 18.8. The van der Waals surface area contributed by atoms with Gasteiger partial charge in [0.15, 0.2) is 0 Å². The van der Waals surface area contributed by atoms with Gasteiger partial charge in [-0.2, -0.15) is 4.31 Å². The molecule has 2 aromatic rings. The van der Waals surface area contributed by atoms with Gasteiger partial charge in [0.1, 0.15) is 6.04 Å². The van der Waals surface area contributed by atoms with E-state index in [0.717, 1.165) is 21.9 Å². The van der Waals surface area contributed by atoms with E-state index in [4.69, 9.17) is 11.6 Å². The Morgan fingerprint density at radius 2 is 1.78 bits per heavy atom. The molecule has 0 bridgehead atoms. The monoisotopic (exact) mass is 479 g/mol. The largest absolute Gasteiger partial charge is 0.354 e. The molecule has 0 heterocycles. The van der Waals surface area contributed by atoms with E-state index in [0.29, 0.717) is 11.6 Å². The second-order valence-corrected chi connectivity index (χ2v) is 10.2. The number of carbonyl (C=O) groups excluding carboxylic acids is 2. The van der Waals surface area contributed by atoms with Crippen molar-refractivity contribution in [2.45, 2.75) is 44.7 Å². The predicted molar refractivity (Wildman–Crippen MR) is 126 cm³/mol. The molecule has 1 N–H and O–H groups in total. The first kappa shape index (κ1) is 25.8. The van der Waals surface area contributed by atoms with Crippen molar-refractivity contribution < 1.29 is 18.0 Å². The van der Waals surface area contributed by atoms with Gasteiger partial charge in [-0.3, -0.25) is 9.59 Å². The highest BCUT2D eigenvalue weighted by atomic mass is 35.5. The molecule has 0 radical (unpaired) electrons. The fourth-order valence-corrected chi connectivity index (χ4v) is 4.40. The molecule has 0 spiro atoms. The van der Waals surface area contributed by atoms with Crippen LogP contribution < -0.4 is 5.32 Å². The van der Waals surface area contributed by atoms with Crippen molar-refractivity contribution >= 4 is 33.4 Å². The molecule has 0 saturated heterocycles. The Labute approximate surface area is 195 Å². The average molecular weight is 480 g/mol. The summed E-state index contributed by atoms with van der Waals surface area (Å²) < 4.78 is 26.8. The van der Waals surface area contributed by atoms with E-state index in [1.54, 1.807) is 43.3 Å². The lowest BCUT2D eigenvalue weighted by Crippen LogP contribution is -2.50. The van der Waals surface area contributed by atoms with Crippen LogP contribution in [0.1, 0.15) is 31.4 Å². The van der Waals surface area contributed by atoms with Crippen LogP contribution in [0.3, 0.4) is 0 Å². The number of aryl methyl sites for hydroxylation is 1. The molecule has 0 aliphatic heterocycles. The zero-order chi connectivity index (χ0) is 23.9.